The third-order valence-corrected chi connectivity index (χ3v) is 8.26. The molecule has 1 atom stereocenters. The second kappa shape index (κ2) is 8.19. The van der Waals surface area contributed by atoms with E-state index in [9.17, 15) is 0 Å². The van der Waals surface area contributed by atoms with Gasteiger partial charge < -0.3 is 0 Å². The average molecular weight is 466 g/mol. The molecule has 3 aromatic carbocycles. The number of nitrogens with zero attached hydrogens (tertiary/aromatic N) is 1. The standard InChI is InChI=1S/C34H36N/c1-22(2)25-12-14-28-29-15-13-26(19-32(29)34(31(28)18-25)16-8-9-17-34)30-20-33(35(5)21-24(30)4)27-11-7-6-10-23(27)3/h6-7,10-15,18-22H,8-9,16-17H2,1-5H3/q+1/i1D3,4D3,22D. The maximum absolute atomic E-state index is 8.74. The van der Waals surface area contributed by atoms with E-state index in [-0.39, 0.29) is 5.41 Å². The smallest absolute Gasteiger partial charge is 0.201 e. The largest absolute Gasteiger partial charge is 0.213 e. The van der Waals surface area contributed by atoms with E-state index in [0.717, 1.165) is 64.8 Å². The van der Waals surface area contributed by atoms with E-state index in [1.165, 1.54) is 12.5 Å². The zero-order valence-electron chi connectivity index (χ0n) is 27.7. The van der Waals surface area contributed by atoms with Crippen LogP contribution >= 0.6 is 0 Å². The molecular weight excluding hydrogens is 422 g/mol. The number of hydrogen-bond donors (Lipinski definition) is 0. The molecule has 1 fully saturated rings. The Morgan fingerprint density at radius 3 is 2.34 bits per heavy atom. The highest BCUT2D eigenvalue weighted by Crippen LogP contribution is 2.57. The Morgan fingerprint density at radius 2 is 1.60 bits per heavy atom. The van der Waals surface area contributed by atoms with Crippen molar-refractivity contribution in [3.8, 4) is 33.5 Å². The van der Waals surface area contributed by atoms with Gasteiger partial charge in [-0.15, -0.1) is 0 Å². The lowest BCUT2D eigenvalue weighted by molar-refractivity contribution is -0.660. The van der Waals surface area contributed by atoms with Crippen molar-refractivity contribution in [1.29, 1.82) is 0 Å². The van der Waals surface area contributed by atoms with E-state index in [1.807, 2.05) is 48.0 Å². The number of benzene rings is 3. The molecule has 1 nitrogen and oxygen atoms in total. The van der Waals surface area contributed by atoms with Crippen molar-refractivity contribution in [3.63, 3.8) is 0 Å². The molecule has 1 heteroatoms. The molecule has 0 saturated heterocycles. The van der Waals surface area contributed by atoms with Crippen LogP contribution in [0.3, 0.4) is 0 Å². The van der Waals surface area contributed by atoms with Gasteiger partial charge in [0.15, 0.2) is 6.20 Å². The maximum Gasteiger partial charge on any atom is 0.213 e. The van der Waals surface area contributed by atoms with E-state index in [4.69, 9.17) is 9.60 Å². The number of fused-ring (bicyclic) bond motifs is 5. The molecule has 0 bridgehead atoms. The molecule has 176 valence electrons. The van der Waals surface area contributed by atoms with Crippen molar-refractivity contribution in [1.82, 2.24) is 0 Å². The second-order valence-electron chi connectivity index (χ2n) is 10.3. The fourth-order valence-corrected chi connectivity index (χ4v) is 6.43. The monoisotopic (exact) mass is 465 g/mol. The van der Waals surface area contributed by atoms with Crippen molar-refractivity contribution in [2.45, 2.75) is 64.5 Å². The van der Waals surface area contributed by atoms with E-state index in [2.05, 4.69) is 31.2 Å². The molecule has 6 rings (SSSR count). The third kappa shape index (κ3) is 3.39. The Morgan fingerprint density at radius 1 is 0.857 bits per heavy atom. The first-order valence-electron chi connectivity index (χ1n) is 16.1. The van der Waals surface area contributed by atoms with Gasteiger partial charge in [0.2, 0.25) is 5.69 Å². The number of aromatic nitrogens is 1. The molecule has 2 aliphatic rings. The van der Waals surface area contributed by atoms with Crippen LogP contribution in [-0.4, -0.2) is 0 Å². The number of hydrogen-bond acceptors (Lipinski definition) is 0. The molecule has 0 aliphatic heterocycles. The van der Waals surface area contributed by atoms with Gasteiger partial charge in [0.25, 0.3) is 0 Å². The summed E-state index contributed by atoms with van der Waals surface area (Å²) < 4.78 is 59.8. The zero-order valence-corrected chi connectivity index (χ0v) is 20.7. The molecule has 0 N–H and O–H groups in total. The van der Waals surface area contributed by atoms with Crippen LogP contribution in [0, 0.1) is 13.8 Å². The first kappa shape index (κ1) is 15.7. The van der Waals surface area contributed by atoms with Gasteiger partial charge in [-0.25, -0.2) is 4.57 Å². The summed E-state index contributed by atoms with van der Waals surface area (Å²) in [5, 5.41) is 0. The number of aryl methyl sites for hydroxylation is 3. The molecule has 1 aromatic heterocycles. The highest BCUT2D eigenvalue weighted by atomic mass is 14.9. The summed E-state index contributed by atoms with van der Waals surface area (Å²) in [4.78, 5) is 0. The quantitative estimate of drug-likeness (QED) is 0.267. The van der Waals surface area contributed by atoms with Crippen molar-refractivity contribution in [3.05, 3.63) is 101 Å². The summed E-state index contributed by atoms with van der Waals surface area (Å²) in [6.45, 7) is -1.22. The minimum Gasteiger partial charge on any atom is -0.201 e. The SMILES string of the molecule is [2H]C([2H])([2H])c1c[n+](C)c(-c2ccccc2C)cc1-c1ccc2c(c1)C1(CCCC1)c1cc(C([2H])(C)C([2H])([2H])[2H])ccc1-2. The van der Waals surface area contributed by atoms with Gasteiger partial charge >= 0.3 is 0 Å². The van der Waals surface area contributed by atoms with Crippen LogP contribution in [0.15, 0.2) is 72.9 Å². The molecule has 0 amide bonds. The van der Waals surface area contributed by atoms with Crippen LogP contribution in [-0.2, 0) is 12.5 Å². The van der Waals surface area contributed by atoms with Crippen molar-refractivity contribution < 1.29 is 14.2 Å². The van der Waals surface area contributed by atoms with Gasteiger partial charge in [0.1, 0.15) is 7.05 Å². The normalized spacial score (nSPS) is 20.9. The molecular formula is C34H36N+. The van der Waals surface area contributed by atoms with Gasteiger partial charge in [-0.3, -0.25) is 0 Å². The van der Waals surface area contributed by atoms with Crippen LogP contribution in [0.4, 0.5) is 0 Å². The topological polar surface area (TPSA) is 3.88 Å². The molecule has 2 aliphatic carbocycles. The van der Waals surface area contributed by atoms with Crippen LogP contribution in [0.2, 0.25) is 0 Å². The highest BCUT2D eigenvalue weighted by molar-refractivity contribution is 5.85. The second-order valence-corrected chi connectivity index (χ2v) is 10.3. The third-order valence-electron chi connectivity index (χ3n) is 8.26. The molecule has 0 radical (unpaired) electrons. The summed E-state index contributed by atoms with van der Waals surface area (Å²) in [5.41, 5.74) is 9.67. The lowest BCUT2D eigenvalue weighted by Gasteiger charge is -2.27. The fraction of sp³-hybridized carbons (Fsp3) is 0.324. The predicted molar refractivity (Wildman–Crippen MR) is 147 cm³/mol. The Balaban J connectivity index is 1.56. The minimum absolute atomic E-state index is 0.278. The van der Waals surface area contributed by atoms with Crippen LogP contribution in [0.1, 0.15) is 82.8 Å². The van der Waals surface area contributed by atoms with E-state index < -0.39 is 19.6 Å². The first-order chi connectivity index (χ1) is 19.6. The van der Waals surface area contributed by atoms with Gasteiger partial charge in [-0.1, -0.05) is 75.1 Å². The molecule has 1 spiro atoms. The Labute approximate surface area is 220 Å². The lowest BCUT2D eigenvalue weighted by atomic mass is 9.75. The Bertz CT molecular complexity index is 1710. The highest BCUT2D eigenvalue weighted by Gasteiger charge is 2.45. The van der Waals surface area contributed by atoms with Crippen molar-refractivity contribution >= 4 is 0 Å². The summed E-state index contributed by atoms with van der Waals surface area (Å²) >= 11 is 0. The van der Waals surface area contributed by atoms with Crippen LogP contribution in [0.5, 0.6) is 0 Å². The van der Waals surface area contributed by atoms with E-state index >= 15 is 0 Å². The maximum atomic E-state index is 8.74. The number of rotatable bonds is 3. The summed E-state index contributed by atoms with van der Waals surface area (Å²) in [6.07, 6.45) is 5.74. The van der Waals surface area contributed by atoms with E-state index in [1.54, 1.807) is 12.3 Å². The molecule has 35 heavy (non-hydrogen) atoms. The fourth-order valence-electron chi connectivity index (χ4n) is 6.43. The van der Waals surface area contributed by atoms with E-state index in [0.29, 0.717) is 16.7 Å². The molecule has 1 saturated carbocycles. The zero-order chi connectivity index (χ0) is 30.2. The summed E-state index contributed by atoms with van der Waals surface area (Å²) in [5.74, 6) is -1.72. The Kier molecular flexibility index (Phi) is 3.68. The van der Waals surface area contributed by atoms with Crippen molar-refractivity contribution in [2.24, 2.45) is 7.05 Å². The van der Waals surface area contributed by atoms with Gasteiger partial charge in [0, 0.05) is 32.2 Å². The van der Waals surface area contributed by atoms with Crippen LogP contribution in [0.25, 0.3) is 33.5 Å². The lowest BCUT2D eigenvalue weighted by Crippen LogP contribution is -2.31. The summed E-state index contributed by atoms with van der Waals surface area (Å²) in [6, 6.07) is 22.2. The molecule has 1 unspecified atom stereocenters. The van der Waals surface area contributed by atoms with Gasteiger partial charge in [0.05, 0.1) is 0 Å². The van der Waals surface area contributed by atoms with Gasteiger partial charge in [-0.2, -0.15) is 0 Å². The molecule has 1 heterocycles. The van der Waals surface area contributed by atoms with Gasteiger partial charge in [-0.05, 0) is 89.2 Å². The minimum atomic E-state index is -2.45. The van der Waals surface area contributed by atoms with Crippen molar-refractivity contribution in [2.75, 3.05) is 0 Å². The predicted octanol–water partition coefficient (Wildman–Crippen LogP) is 8.43. The first-order valence-corrected chi connectivity index (χ1v) is 12.6. The van der Waals surface area contributed by atoms with Crippen LogP contribution < -0.4 is 4.57 Å². The number of pyridine rings is 1. The Hall–Kier alpha value is -3.19. The summed E-state index contributed by atoms with van der Waals surface area (Å²) in [7, 11) is 1.89. The molecule has 4 aromatic rings. The average Bonchev–Trinajstić information content (AvgIpc) is 3.52.